The summed E-state index contributed by atoms with van der Waals surface area (Å²) in [4.78, 5) is 39.9. The highest BCUT2D eigenvalue weighted by Crippen LogP contribution is 2.59. The van der Waals surface area contributed by atoms with Gasteiger partial charge in [0, 0.05) is 11.6 Å². The Morgan fingerprint density at radius 2 is 1.55 bits per heavy atom. The minimum atomic E-state index is -5.04. The fourth-order valence-electron chi connectivity index (χ4n) is 1.66. The Balaban J connectivity index is 2.39. The standard InChI is InChI=1S/C10H12N2O6P2/c13-19(14,15)10(20(16,17)18)12-9-5-7-3-1-2-4-8(7)6-11-9/h1-6,10H,(H,11,12)(H2,13,14,15)(H2,16,17,18). The molecule has 108 valence electrons. The first kappa shape index (κ1) is 15.1. The van der Waals surface area contributed by atoms with Crippen LogP contribution in [0.15, 0.2) is 36.5 Å². The van der Waals surface area contributed by atoms with Crippen molar-refractivity contribution in [2.24, 2.45) is 0 Å². The van der Waals surface area contributed by atoms with Gasteiger partial charge in [-0.15, -0.1) is 0 Å². The maximum absolute atomic E-state index is 11.2. The maximum Gasteiger partial charge on any atom is 0.360 e. The first-order valence-electron chi connectivity index (χ1n) is 5.40. The zero-order valence-corrected chi connectivity index (χ0v) is 11.8. The van der Waals surface area contributed by atoms with E-state index in [1.54, 1.807) is 24.3 Å². The number of rotatable bonds is 4. The van der Waals surface area contributed by atoms with Gasteiger partial charge in [-0.25, -0.2) is 4.98 Å². The van der Waals surface area contributed by atoms with Crippen LogP contribution >= 0.6 is 15.2 Å². The van der Waals surface area contributed by atoms with Crippen LogP contribution in [-0.4, -0.2) is 30.1 Å². The SMILES string of the molecule is O=P(O)(O)C(Nc1cc2ccccc2cn1)P(=O)(O)O. The van der Waals surface area contributed by atoms with Gasteiger partial charge >= 0.3 is 15.2 Å². The van der Waals surface area contributed by atoms with Crippen molar-refractivity contribution in [3.63, 3.8) is 0 Å². The van der Waals surface area contributed by atoms with E-state index in [1.165, 1.54) is 12.3 Å². The fourth-order valence-corrected chi connectivity index (χ4v) is 3.83. The predicted molar refractivity (Wildman–Crippen MR) is 73.2 cm³/mol. The molecule has 0 amide bonds. The monoisotopic (exact) mass is 318 g/mol. The van der Waals surface area contributed by atoms with E-state index in [9.17, 15) is 9.13 Å². The first-order valence-corrected chi connectivity index (χ1v) is 8.76. The van der Waals surface area contributed by atoms with E-state index in [-0.39, 0.29) is 5.82 Å². The topological polar surface area (TPSA) is 140 Å². The number of anilines is 1. The summed E-state index contributed by atoms with van der Waals surface area (Å²) in [6.45, 7) is 0. The highest BCUT2D eigenvalue weighted by Gasteiger charge is 2.43. The third-order valence-corrected chi connectivity index (χ3v) is 5.88. The summed E-state index contributed by atoms with van der Waals surface area (Å²) < 4.78 is 22.3. The van der Waals surface area contributed by atoms with Crippen LogP contribution in [0.2, 0.25) is 0 Å². The summed E-state index contributed by atoms with van der Waals surface area (Å²) in [5, 5.41) is 3.63. The zero-order valence-electron chi connectivity index (χ0n) is 9.99. The summed E-state index contributed by atoms with van der Waals surface area (Å²) in [5.41, 5.74) is -2.32. The van der Waals surface area contributed by atoms with Crippen molar-refractivity contribution < 1.29 is 28.7 Å². The highest BCUT2D eigenvalue weighted by atomic mass is 31.2. The average molecular weight is 318 g/mol. The molecule has 2 aromatic rings. The molecule has 1 heterocycles. The summed E-state index contributed by atoms with van der Waals surface area (Å²) in [6, 6.07) is 8.54. The second kappa shape index (κ2) is 5.26. The van der Waals surface area contributed by atoms with Crippen molar-refractivity contribution in [3.8, 4) is 0 Å². The number of nitrogens with zero attached hydrogens (tertiary/aromatic N) is 1. The van der Waals surface area contributed by atoms with Gasteiger partial charge in [-0.1, -0.05) is 24.3 Å². The lowest BCUT2D eigenvalue weighted by Crippen LogP contribution is -2.20. The summed E-state index contributed by atoms with van der Waals surface area (Å²) >= 11 is 0. The third-order valence-electron chi connectivity index (χ3n) is 2.55. The van der Waals surface area contributed by atoms with Crippen molar-refractivity contribution in [1.82, 2.24) is 4.98 Å². The van der Waals surface area contributed by atoms with Gasteiger partial charge in [0.1, 0.15) is 5.82 Å². The number of pyridine rings is 1. The van der Waals surface area contributed by atoms with Gasteiger partial charge in [0.2, 0.25) is 5.52 Å². The Bertz CT molecular complexity index is 703. The summed E-state index contributed by atoms with van der Waals surface area (Å²) in [7, 11) is -10.1. The van der Waals surface area contributed by atoms with E-state index in [0.29, 0.717) is 0 Å². The number of nitrogens with one attached hydrogen (secondary N) is 1. The lowest BCUT2D eigenvalue weighted by molar-refractivity contribution is 0.343. The largest absolute Gasteiger partial charge is 0.360 e. The summed E-state index contributed by atoms with van der Waals surface area (Å²) in [5.74, 6) is -0.0275. The number of fused-ring (bicyclic) bond motifs is 1. The average Bonchev–Trinajstić information content (AvgIpc) is 2.33. The fraction of sp³-hybridized carbons (Fsp3) is 0.100. The van der Waals surface area contributed by atoms with Gasteiger partial charge in [-0.2, -0.15) is 0 Å². The van der Waals surface area contributed by atoms with Crippen LogP contribution in [-0.2, 0) is 9.13 Å². The van der Waals surface area contributed by atoms with Crippen molar-refractivity contribution in [1.29, 1.82) is 0 Å². The van der Waals surface area contributed by atoms with E-state index in [2.05, 4.69) is 10.3 Å². The lowest BCUT2D eigenvalue weighted by Gasteiger charge is -2.21. The molecule has 0 unspecified atom stereocenters. The molecule has 0 spiro atoms. The number of hydrogen-bond donors (Lipinski definition) is 5. The molecule has 0 atom stereocenters. The predicted octanol–water partition coefficient (Wildman–Crippen LogP) is 1.29. The Labute approximate surface area is 113 Å². The number of hydrogen-bond acceptors (Lipinski definition) is 4. The Kier molecular flexibility index (Phi) is 3.97. The molecule has 10 heteroatoms. The van der Waals surface area contributed by atoms with Crippen LogP contribution in [0, 0.1) is 0 Å². The van der Waals surface area contributed by atoms with Crippen molar-refractivity contribution >= 4 is 31.8 Å². The molecule has 0 bridgehead atoms. The van der Waals surface area contributed by atoms with E-state index >= 15 is 0 Å². The molecule has 0 saturated heterocycles. The molecule has 1 aromatic heterocycles. The number of aromatic nitrogens is 1. The molecule has 0 fully saturated rings. The molecule has 2 rings (SSSR count). The van der Waals surface area contributed by atoms with Crippen LogP contribution in [0.1, 0.15) is 0 Å². The third kappa shape index (κ3) is 3.43. The molecule has 5 N–H and O–H groups in total. The van der Waals surface area contributed by atoms with Crippen LogP contribution < -0.4 is 5.32 Å². The Morgan fingerprint density at radius 1 is 1.00 bits per heavy atom. The van der Waals surface area contributed by atoms with E-state index in [1.807, 2.05) is 0 Å². The molecule has 0 radical (unpaired) electrons. The minimum absolute atomic E-state index is 0.0275. The second-order valence-electron chi connectivity index (χ2n) is 4.11. The van der Waals surface area contributed by atoms with Crippen molar-refractivity contribution in [2.45, 2.75) is 5.52 Å². The molecule has 0 aliphatic rings. The molecule has 8 nitrogen and oxygen atoms in total. The Hall–Kier alpha value is -1.27. The summed E-state index contributed by atoms with van der Waals surface area (Å²) in [6.07, 6.45) is 1.44. The van der Waals surface area contributed by atoms with E-state index < -0.39 is 20.7 Å². The van der Waals surface area contributed by atoms with Crippen LogP contribution in [0.5, 0.6) is 0 Å². The normalized spacial score (nSPS) is 12.8. The lowest BCUT2D eigenvalue weighted by atomic mass is 10.2. The van der Waals surface area contributed by atoms with Gasteiger partial charge in [0.15, 0.2) is 0 Å². The van der Waals surface area contributed by atoms with Crippen molar-refractivity contribution in [2.75, 3.05) is 5.32 Å². The maximum atomic E-state index is 11.2. The van der Waals surface area contributed by atoms with Gasteiger partial charge in [-0.3, -0.25) is 9.13 Å². The molecule has 1 aromatic carbocycles. The highest BCUT2D eigenvalue weighted by molar-refractivity contribution is 7.71. The molecular formula is C10H12N2O6P2. The second-order valence-corrected chi connectivity index (χ2v) is 7.91. The molecule has 20 heavy (non-hydrogen) atoms. The molecule has 0 aliphatic heterocycles. The van der Waals surface area contributed by atoms with Gasteiger partial charge in [-0.05, 0) is 11.5 Å². The molecule has 0 saturated carbocycles. The van der Waals surface area contributed by atoms with Crippen LogP contribution in [0.3, 0.4) is 0 Å². The minimum Gasteiger partial charge on any atom is -0.346 e. The zero-order chi connectivity index (χ0) is 15.0. The smallest absolute Gasteiger partial charge is 0.346 e. The van der Waals surface area contributed by atoms with Gasteiger partial charge in [0.05, 0.1) is 0 Å². The molecular weight excluding hydrogens is 306 g/mol. The quantitative estimate of drug-likeness (QED) is 0.531. The van der Waals surface area contributed by atoms with Crippen LogP contribution in [0.4, 0.5) is 5.82 Å². The van der Waals surface area contributed by atoms with Crippen LogP contribution in [0.25, 0.3) is 10.8 Å². The van der Waals surface area contributed by atoms with E-state index in [0.717, 1.165) is 10.8 Å². The number of benzene rings is 1. The van der Waals surface area contributed by atoms with Gasteiger partial charge in [0.25, 0.3) is 0 Å². The molecule has 0 aliphatic carbocycles. The van der Waals surface area contributed by atoms with Crippen molar-refractivity contribution in [3.05, 3.63) is 36.5 Å². The van der Waals surface area contributed by atoms with Gasteiger partial charge < -0.3 is 24.9 Å². The Morgan fingerprint density at radius 3 is 2.10 bits per heavy atom. The van der Waals surface area contributed by atoms with E-state index in [4.69, 9.17) is 19.6 Å². The first-order chi connectivity index (χ1) is 9.18.